The molecule has 0 unspecified atom stereocenters. The molecular formula is C8H16NOTi-. The van der Waals surface area contributed by atoms with E-state index >= 15 is 0 Å². The summed E-state index contributed by atoms with van der Waals surface area (Å²) in [6.07, 6.45) is 6.16. The minimum atomic E-state index is -0.420. The standard InChI is InChI=1S/C8H17NO.Ti/c1-2-3-4-5-6-7-8(9)10;/h2-7H2,1H3,(H2,9,10);/p-1. The molecule has 0 saturated heterocycles. The van der Waals surface area contributed by atoms with Crippen LogP contribution < -0.4 is 0 Å². The zero-order valence-electron chi connectivity index (χ0n) is 7.15. The molecule has 0 atom stereocenters. The van der Waals surface area contributed by atoms with Crippen molar-refractivity contribution in [1.82, 2.24) is 0 Å². The third-order valence-corrected chi connectivity index (χ3v) is 1.51. The third-order valence-electron chi connectivity index (χ3n) is 1.51. The van der Waals surface area contributed by atoms with Crippen molar-refractivity contribution in [1.29, 1.82) is 0 Å². The van der Waals surface area contributed by atoms with Crippen molar-refractivity contribution in [3.63, 3.8) is 0 Å². The van der Waals surface area contributed by atoms with Crippen LogP contribution in [-0.4, -0.2) is 5.91 Å². The Hall–Kier alpha value is 0.184. The summed E-state index contributed by atoms with van der Waals surface area (Å²) < 4.78 is 0. The van der Waals surface area contributed by atoms with E-state index in [1.165, 1.54) is 19.3 Å². The molecule has 0 spiro atoms. The first-order valence-electron chi connectivity index (χ1n) is 4.01. The van der Waals surface area contributed by atoms with Crippen LogP contribution in [0.3, 0.4) is 0 Å². The number of carbonyl (C=O) groups is 1. The van der Waals surface area contributed by atoms with Gasteiger partial charge in [-0.3, -0.25) is 0 Å². The first-order chi connectivity index (χ1) is 4.77. The summed E-state index contributed by atoms with van der Waals surface area (Å²) >= 11 is 0. The van der Waals surface area contributed by atoms with Gasteiger partial charge in [0.15, 0.2) is 0 Å². The molecule has 0 aromatic carbocycles. The number of unbranched alkanes of at least 4 members (excludes halogenated alkanes) is 4. The fourth-order valence-corrected chi connectivity index (χ4v) is 0.889. The second-order valence-corrected chi connectivity index (χ2v) is 2.59. The van der Waals surface area contributed by atoms with Crippen LogP contribution in [-0.2, 0) is 26.5 Å². The maximum atomic E-state index is 10.1. The molecule has 11 heavy (non-hydrogen) atoms. The molecule has 1 N–H and O–H groups in total. The molecule has 0 aliphatic rings. The average Bonchev–Trinajstić information content (AvgIpc) is 1.87. The molecule has 64 valence electrons. The summed E-state index contributed by atoms with van der Waals surface area (Å²) in [5.74, 6) is -0.420. The van der Waals surface area contributed by atoms with Crippen molar-refractivity contribution in [3.8, 4) is 0 Å². The van der Waals surface area contributed by atoms with E-state index in [0.29, 0.717) is 6.42 Å². The monoisotopic (exact) mass is 190 g/mol. The van der Waals surface area contributed by atoms with Crippen LogP contribution in [0.1, 0.15) is 45.4 Å². The SMILES string of the molecule is CCCCCCCC([NH-])=O.[Ti]. The molecular weight excluding hydrogens is 174 g/mol. The minimum Gasteiger partial charge on any atom is -0.668 e. The topological polar surface area (TPSA) is 40.9 Å². The normalized spacial score (nSPS) is 8.82. The summed E-state index contributed by atoms with van der Waals surface area (Å²) in [5, 5.41) is 0. The molecule has 0 heterocycles. The molecule has 0 aromatic rings. The van der Waals surface area contributed by atoms with Crippen molar-refractivity contribution in [2.45, 2.75) is 45.4 Å². The molecule has 0 bridgehead atoms. The van der Waals surface area contributed by atoms with Gasteiger partial charge < -0.3 is 10.5 Å². The van der Waals surface area contributed by atoms with Gasteiger partial charge in [0.05, 0.1) is 0 Å². The molecule has 2 nitrogen and oxygen atoms in total. The van der Waals surface area contributed by atoms with Gasteiger partial charge >= 0.3 is 0 Å². The van der Waals surface area contributed by atoms with Crippen LogP contribution in [0.25, 0.3) is 5.73 Å². The number of nitrogens with one attached hydrogen (secondary N) is 1. The Morgan fingerprint density at radius 3 is 2.18 bits per heavy atom. The van der Waals surface area contributed by atoms with Gasteiger partial charge in [0, 0.05) is 27.6 Å². The van der Waals surface area contributed by atoms with Crippen molar-refractivity contribution in [2.75, 3.05) is 0 Å². The Kier molecular flexibility index (Phi) is 12.7. The van der Waals surface area contributed by atoms with Crippen molar-refractivity contribution >= 4 is 5.91 Å². The van der Waals surface area contributed by atoms with Crippen LogP contribution in [0.2, 0.25) is 0 Å². The predicted molar refractivity (Wildman–Crippen MR) is 42.7 cm³/mol. The largest absolute Gasteiger partial charge is 0.668 e. The van der Waals surface area contributed by atoms with Crippen molar-refractivity contribution in [3.05, 3.63) is 5.73 Å². The Labute approximate surface area is 83.8 Å². The third kappa shape index (κ3) is 13.2. The summed E-state index contributed by atoms with van der Waals surface area (Å²) in [7, 11) is 0. The average molecular weight is 190 g/mol. The molecule has 0 fully saturated rings. The van der Waals surface area contributed by atoms with Gasteiger partial charge in [-0.05, 0) is 12.8 Å². The summed E-state index contributed by atoms with van der Waals surface area (Å²) in [6.45, 7) is 2.16. The minimum absolute atomic E-state index is 0. The maximum Gasteiger partial charge on any atom is 0.0487 e. The fourth-order valence-electron chi connectivity index (χ4n) is 0.889. The van der Waals surface area contributed by atoms with E-state index in [1.54, 1.807) is 0 Å². The van der Waals surface area contributed by atoms with Crippen molar-refractivity contribution in [2.24, 2.45) is 0 Å². The molecule has 0 radical (unpaired) electrons. The molecule has 3 heteroatoms. The smallest absolute Gasteiger partial charge is 0.0487 e. The van der Waals surface area contributed by atoms with Gasteiger partial charge in [-0.15, -0.1) is 0 Å². The summed E-state index contributed by atoms with van der Waals surface area (Å²) in [6, 6.07) is 0. The summed E-state index contributed by atoms with van der Waals surface area (Å²) in [5.41, 5.74) is 6.62. The molecule has 0 aliphatic heterocycles. The second kappa shape index (κ2) is 10.2. The van der Waals surface area contributed by atoms with Gasteiger partial charge in [-0.2, -0.15) is 0 Å². The molecule has 0 saturated carbocycles. The Bertz CT molecular complexity index is 96.1. The first-order valence-corrected chi connectivity index (χ1v) is 4.01. The number of carbonyl (C=O) groups excluding carboxylic acids is 1. The van der Waals surface area contributed by atoms with Gasteiger partial charge in [0.25, 0.3) is 0 Å². The van der Waals surface area contributed by atoms with Gasteiger partial charge in [-0.1, -0.05) is 32.6 Å². The van der Waals surface area contributed by atoms with E-state index in [-0.39, 0.29) is 21.7 Å². The zero-order chi connectivity index (χ0) is 7.82. The van der Waals surface area contributed by atoms with E-state index in [1.807, 2.05) is 0 Å². The second-order valence-electron chi connectivity index (χ2n) is 2.59. The van der Waals surface area contributed by atoms with E-state index < -0.39 is 5.91 Å². The summed E-state index contributed by atoms with van der Waals surface area (Å²) in [4.78, 5) is 10.1. The molecule has 0 rings (SSSR count). The van der Waals surface area contributed by atoms with Crippen LogP contribution >= 0.6 is 0 Å². The zero-order valence-corrected chi connectivity index (χ0v) is 8.71. The van der Waals surface area contributed by atoms with Gasteiger partial charge in [-0.25, -0.2) is 0 Å². The quantitative estimate of drug-likeness (QED) is 0.468. The van der Waals surface area contributed by atoms with Crippen LogP contribution in [0.5, 0.6) is 0 Å². The Balaban J connectivity index is 0. The first kappa shape index (κ1) is 13.8. The van der Waals surface area contributed by atoms with Crippen LogP contribution in [0.4, 0.5) is 0 Å². The van der Waals surface area contributed by atoms with E-state index in [9.17, 15) is 4.79 Å². The van der Waals surface area contributed by atoms with E-state index in [2.05, 4.69) is 6.92 Å². The Morgan fingerprint density at radius 2 is 1.73 bits per heavy atom. The van der Waals surface area contributed by atoms with Crippen molar-refractivity contribution < 1.29 is 26.5 Å². The van der Waals surface area contributed by atoms with E-state index in [4.69, 9.17) is 5.73 Å². The number of hydrogen-bond donors (Lipinski definition) is 0. The number of amides is 1. The maximum absolute atomic E-state index is 10.1. The number of rotatable bonds is 6. The molecule has 0 aromatic heterocycles. The van der Waals surface area contributed by atoms with Gasteiger partial charge in [0.1, 0.15) is 0 Å². The molecule has 1 amide bonds. The predicted octanol–water partition coefficient (Wildman–Crippen LogP) is 2.92. The Morgan fingerprint density at radius 1 is 1.18 bits per heavy atom. The van der Waals surface area contributed by atoms with Crippen LogP contribution in [0.15, 0.2) is 0 Å². The van der Waals surface area contributed by atoms with E-state index in [0.717, 1.165) is 12.8 Å². The van der Waals surface area contributed by atoms with Gasteiger partial charge in [0.2, 0.25) is 0 Å². The molecule has 0 aliphatic carbocycles. The van der Waals surface area contributed by atoms with Crippen LogP contribution in [0, 0.1) is 0 Å². The fraction of sp³-hybridized carbons (Fsp3) is 0.875. The number of hydrogen-bond acceptors (Lipinski definition) is 1.